The average molecular weight is 255 g/mol. The number of methoxy groups -OCH3 is 2. The largest absolute Gasteiger partial charge is 0.393 e. The molecule has 4 N–H and O–H groups in total. The molecule has 7 heteroatoms. The molecule has 0 aromatic carbocycles. The molecular weight excluding hydrogens is 234 g/mol. The summed E-state index contributed by atoms with van der Waals surface area (Å²) in [4.78, 5) is 8.19. The van der Waals surface area contributed by atoms with Gasteiger partial charge < -0.3 is 25.8 Å². The molecule has 1 aromatic heterocycles. The standard InChI is InChI=1S/C11H21N5O2/c1-17-6-3-4-13-10-9(12)11(16-8-15-10)14-5-7-18-2/h8H,3-7,12H2,1-2H3,(H2,13,14,15,16). The first-order valence-corrected chi connectivity index (χ1v) is 5.85. The van der Waals surface area contributed by atoms with Crippen LogP contribution in [0, 0.1) is 0 Å². The molecule has 0 atom stereocenters. The summed E-state index contributed by atoms with van der Waals surface area (Å²) in [5.41, 5.74) is 6.48. The molecule has 0 saturated carbocycles. The highest BCUT2D eigenvalue weighted by molar-refractivity contribution is 5.73. The van der Waals surface area contributed by atoms with Gasteiger partial charge in [-0.3, -0.25) is 0 Å². The van der Waals surface area contributed by atoms with Crippen LogP contribution in [0.25, 0.3) is 0 Å². The van der Waals surface area contributed by atoms with Gasteiger partial charge in [0.25, 0.3) is 0 Å². The van der Waals surface area contributed by atoms with Crippen molar-refractivity contribution in [1.82, 2.24) is 9.97 Å². The smallest absolute Gasteiger partial charge is 0.154 e. The van der Waals surface area contributed by atoms with Crippen LogP contribution in [0.3, 0.4) is 0 Å². The minimum absolute atomic E-state index is 0.519. The summed E-state index contributed by atoms with van der Waals surface area (Å²) in [6.07, 6.45) is 2.37. The zero-order chi connectivity index (χ0) is 13.2. The minimum Gasteiger partial charge on any atom is -0.393 e. The van der Waals surface area contributed by atoms with Gasteiger partial charge in [-0.15, -0.1) is 0 Å². The fraction of sp³-hybridized carbons (Fsp3) is 0.636. The summed E-state index contributed by atoms with van der Waals surface area (Å²) in [5.74, 6) is 1.26. The van der Waals surface area contributed by atoms with Gasteiger partial charge in [0.05, 0.1) is 6.61 Å². The van der Waals surface area contributed by atoms with Crippen molar-refractivity contribution in [1.29, 1.82) is 0 Å². The van der Waals surface area contributed by atoms with Crippen LogP contribution in [0.4, 0.5) is 17.3 Å². The molecule has 0 radical (unpaired) electrons. The maximum absolute atomic E-state index is 5.96. The van der Waals surface area contributed by atoms with Gasteiger partial charge in [-0.1, -0.05) is 0 Å². The molecule has 0 amide bonds. The molecule has 0 spiro atoms. The third-order valence-electron chi connectivity index (χ3n) is 2.30. The SMILES string of the molecule is COCCCNc1ncnc(NCCOC)c1N. The predicted molar refractivity (Wildman–Crippen MR) is 71.8 cm³/mol. The van der Waals surface area contributed by atoms with Crippen molar-refractivity contribution in [2.45, 2.75) is 6.42 Å². The fourth-order valence-electron chi connectivity index (χ4n) is 1.37. The van der Waals surface area contributed by atoms with E-state index < -0.39 is 0 Å². The highest BCUT2D eigenvalue weighted by Gasteiger charge is 2.06. The summed E-state index contributed by atoms with van der Waals surface area (Å²) in [6, 6.07) is 0. The van der Waals surface area contributed by atoms with Crippen LogP contribution in [0.15, 0.2) is 6.33 Å². The maximum Gasteiger partial charge on any atom is 0.154 e. The van der Waals surface area contributed by atoms with Crippen molar-refractivity contribution in [3.63, 3.8) is 0 Å². The molecule has 7 nitrogen and oxygen atoms in total. The van der Waals surface area contributed by atoms with E-state index in [0.29, 0.717) is 37.1 Å². The Balaban J connectivity index is 2.49. The Morgan fingerprint density at radius 3 is 2.28 bits per heavy atom. The van der Waals surface area contributed by atoms with Gasteiger partial charge in [0.1, 0.15) is 12.0 Å². The Morgan fingerprint density at radius 1 is 1.06 bits per heavy atom. The van der Waals surface area contributed by atoms with Gasteiger partial charge in [-0.2, -0.15) is 0 Å². The molecule has 0 aliphatic rings. The highest BCUT2D eigenvalue weighted by Crippen LogP contribution is 2.21. The first-order valence-electron chi connectivity index (χ1n) is 5.85. The Kier molecular flexibility index (Phi) is 6.82. The van der Waals surface area contributed by atoms with E-state index in [9.17, 15) is 0 Å². The van der Waals surface area contributed by atoms with Crippen molar-refractivity contribution in [2.24, 2.45) is 0 Å². The van der Waals surface area contributed by atoms with Crippen molar-refractivity contribution >= 4 is 17.3 Å². The molecule has 1 rings (SSSR count). The molecule has 1 heterocycles. The summed E-state index contributed by atoms with van der Waals surface area (Å²) >= 11 is 0. The van der Waals surface area contributed by atoms with Crippen molar-refractivity contribution in [3.05, 3.63) is 6.33 Å². The van der Waals surface area contributed by atoms with Crippen molar-refractivity contribution < 1.29 is 9.47 Å². The third-order valence-corrected chi connectivity index (χ3v) is 2.30. The first kappa shape index (κ1) is 14.5. The number of aromatic nitrogens is 2. The second-order valence-corrected chi connectivity index (χ2v) is 3.68. The number of nitrogen functional groups attached to an aromatic ring is 1. The van der Waals surface area contributed by atoms with Crippen molar-refractivity contribution in [2.75, 3.05) is 56.9 Å². The second-order valence-electron chi connectivity index (χ2n) is 3.68. The van der Waals surface area contributed by atoms with Crippen LogP contribution in [-0.2, 0) is 9.47 Å². The summed E-state index contributed by atoms with van der Waals surface area (Å²) in [7, 11) is 3.32. The summed E-state index contributed by atoms with van der Waals surface area (Å²) in [5, 5.41) is 6.24. The molecular formula is C11H21N5O2. The number of hydrogen-bond donors (Lipinski definition) is 3. The molecule has 18 heavy (non-hydrogen) atoms. The van der Waals surface area contributed by atoms with Gasteiger partial charge in [-0.05, 0) is 6.42 Å². The highest BCUT2D eigenvalue weighted by atomic mass is 16.5. The number of nitrogens with one attached hydrogen (secondary N) is 2. The van der Waals surface area contributed by atoms with Crippen LogP contribution in [0.1, 0.15) is 6.42 Å². The van der Waals surface area contributed by atoms with Crippen LogP contribution in [0.5, 0.6) is 0 Å². The van der Waals surface area contributed by atoms with Crippen LogP contribution < -0.4 is 16.4 Å². The van der Waals surface area contributed by atoms with E-state index >= 15 is 0 Å². The molecule has 1 aromatic rings. The van der Waals surface area contributed by atoms with E-state index in [-0.39, 0.29) is 0 Å². The van der Waals surface area contributed by atoms with Crippen LogP contribution >= 0.6 is 0 Å². The lowest BCUT2D eigenvalue weighted by molar-refractivity contribution is 0.198. The van der Waals surface area contributed by atoms with E-state index in [0.717, 1.165) is 13.0 Å². The Hall–Kier alpha value is -1.60. The van der Waals surface area contributed by atoms with Gasteiger partial charge in [0.2, 0.25) is 0 Å². The Bertz CT molecular complexity index is 348. The van der Waals surface area contributed by atoms with E-state index in [1.807, 2.05) is 0 Å². The lowest BCUT2D eigenvalue weighted by Gasteiger charge is -2.12. The molecule has 0 aliphatic heterocycles. The summed E-state index contributed by atoms with van der Waals surface area (Å²) < 4.78 is 9.92. The molecule has 102 valence electrons. The van der Waals surface area contributed by atoms with E-state index in [4.69, 9.17) is 15.2 Å². The van der Waals surface area contributed by atoms with Gasteiger partial charge >= 0.3 is 0 Å². The van der Waals surface area contributed by atoms with Gasteiger partial charge in [0, 0.05) is 33.9 Å². The van der Waals surface area contributed by atoms with Crippen molar-refractivity contribution in [3.8, 4) is 0 Å². The average Bonchev–Trinajstić information content (AvgIpc) is 2.38. The minimum atomic E-state index is 0.519. The second kappa shape index (κ2) is 8.48. The lowest BCUT2D eigenvalue weighted by Crippen LogP contribution is -2.14. The Labute approximate surface area is 107 Å². The quantitative estimate of drug-likeness (QED) is 0.555. The van der Waals surface area contributed by atoms with E-state index in [2.05, 4.69) is 20.6 Å². The number of rotatable bonds is 9. The van der Waals surface area contributed by atoms with Gasteiger partial charge in [-0.25, -0.2) is 9.97 Å². The zero-order valence-corrected chi connectivity index (χ0v) is 10.9. The number of hydrogen-bond acceptors (Lipinski definition) is 7. The number of nitrogens with two attached hydrogens (primary N) is 1. The normalized spacial score (nSPS) is 10.3. The van der Waals surface area contributed by atoms with Crippen LogP contribution in [-0.4, -0.2) is 50.5 Å². The maximum atomic E-state index is 5.96. The van der Waals surface area contributed by atoms with Crippen LogP contribution in [0.2, 0.25) is 0 Å². The molecule has 0 bridgehead atoms. The fourth-order valence-corrected chi connectivity index (χ4v) is 1.37. The summed E-state index contributed by atoms with van der Waals surface area (Å²) in [6.45, 7) is 2.71. The third kappa shape index (κ3) is 4.72. The van der Waals surface area contributed by atoms with E-state index in [1.54, 1.807) is 14.2 Å². The molecule has 0 saturated heterocycles. The number of ether oxygens (including phenoxy) is 2. The monoisotopic (exact) mass is 255 g/mol. The predicted octanol–water partition coefficient (Wildman–Crippen LogP) is 0.566. The Morgan fingerprint density at radius 2 is 1.67 bits per heavy atom. The zero-order valence-electron chi connectivity index (χ0n) is 10.9. The lowest BCUT2D eigenvalue weighted by atomic mass is 10.4. The topological polar surface area (TPSA) is 94.3 Å². The molecule has 0 unspecified atom stereocenters. The molecule has 0 aliphatic carbocycles. The van der Waals surface area contributed by atoms with Gasteiger partial charge in [0.15, 0.2) is 11.6 Å². The number of nitrogens with zero attached hydrogens (tertiary/aromatic N) is 2. The number of anilines is 3. The first-order chi connectivity index (χ1) is 8.79. The molecule has 0 fully saturated rings. The van der Waals surface area contributed by atoms with E-state index in [1.165, 1.54) is 6.33 Å².